The maximum absolute atomic E-state index is 11.9. The van der Waals surface area contributed by atoms with Crippen molar-refractivity contribution in [2.75, 3.05) is 20.8 Å². The number of methoxy groups -OCH3 is 1. The highest BCUT2D eigenvalue weighted by Crippen LogP contribution is 2.40. The summed E-state index contributed by atoms with van der Waals surface area (Å²) < 4.78 is 12.8. The first kappa shape index (κ1) is 18.9. The topological polar surface area (TPSA) is 38.5 Å². The van der Waals surface area contributed by atoms with Crippen molar-refractivity contribution in [2.24, 2.45) is 0 Å². The molecular weight excluding hydrogens is 338 g/mol. The SMILES string of the molecule is CCOc1ccccc1/C=C/C1=[N+](C)c2ccc(C(=O)OC)cc2C1(C)C. The zero-order valence-corrected chi connectivity index (χ0v) is 16.6. The van der Waals surface area contributed by atoms with Crippen molar-refractivity contribution >= 4 is 23.4 Å². The van der Waals surface area contributed by atoms with Crippen LogP contribution in [0.15, 0.2) is 48.5 Å². The molecule has 0 amide bonds. The molecule has 27 heavy (non-hydrogen) atoms. The Morgan fingerprint density at radius 1 is 1.15 bits per heavy atom. The van der Waals surface area contributed by atoms with Gasteiger partial charge in [-0.05, 0) is 45.0 Å². The van der Waals surface area contributed by atoms with E-state index < -0.39 is 0 Å². The molecule has 4 heteroatoms. The second kappa shape index (κ2) is 7.39. The highest BCUT2D eigenvalue weighted by Gasteiger charge is 2.43. The fourth-order valence-corrected chi connectivity index (χ4v) is 3.65. The molecule has 1 aliphatic rings. The highest BCUT2D eigenvalue weighted by atomic mass is 16.5. The number of allylic oxidation sites excluding steroid dienone is 1. The second-order valence-corrected chi connectivity index (χ2v) is 7.10. The zero-order valence-electron chi connectivity index (χ0n) is 16.6. The van der Waals surface area contributed by atoms with Gasteiger partial charge in [-0.2, -0.15) is 4.58 Å². The van der Waals surface area contributed by atoms with Gasteiger partial charge in [-0.25, -0.2) is 4.79 Å². The van der Waals surface area contributed by atoms with Crippen molar-refractivity contribution in [3.63, 3.8) is 0 Å². The maximum atomic E-state index is 11.9. The summed E-state index contributed by atoms with van der Waals surface area (Å²) in [5.41, 5.74) is 4.76. The van der Waals surface area contributed by atoms with Gasteiger partial charge < -0.3 is 9.47 Å². The molecule has 0 spiro atoms. The average molecular weight is 364 g/mol. The highest BCUT2D eigenvalue weighted by molar-refractivity contribution is 6.06. The van der Waals surface area contributed by atoms with Crippen LogP contribution in [0, 0.1) is 0 Å². The van der Waals surface area contributed by atoms with Crippen molar-refractivity contribution in [3.8, 4) is 5.75 Å². The third kappa shape index (κ3) is 3.39. The number of para-hydroxylation sites is 1. The number of esters is 1. The fraction of sp³-hybridized carbons (Fsp3) is 0.304. The van der Waals surface area contributed by atoms with Crippen LogP contribution in [-0.4, -0.2) is 37.0 Å². The number of hydrogen-bond acceptors (Lipinski definition) is 3. The number of benzene rings is 2. The Labute approximate surface area is 160 Å². The van der Waals surface area contributed by atoms with Gasteiger partial charge in [0, 0.05) is 23.3 Å². The Kier molecular flexibility index (Phi) is 5.17. The van der Waals surface area contributed by atoms with E-state index in [0.29, 0.717) is 12.2 Å². The van der Waals surface area contributed by atoms with Crippen molar-refractivity contribution in [1.29, 1.82) is 0 Å². The third-order valence-electron chi connectivity index (χ3n) is 5.09. The first-order valence-electron chi connectivity index (χ1n) is 9.14. The minimum absolute atomic E-state index is 0.231. The molecule has 0 aromatic heterocycles. The number of rotatable bonds is 5. The van der Waals surface area contributed by atoms with E-state index in [1.54, 1.807) is 0 Å². The summed E-state index contributed by atoms with van der Waals surface area (Å²) in [5.74, 6) is 0.562. The van der Waals surface area contributed by atoms with Gasteiger partial charge in [-0.1, -0.05) is 18.2 Å². The van der Waals surface area contributed by atoms with Crippen molar-refractivity contribution in [3.05, 3.63) is 65.2 Å². The summed E-state index contributed by atoms with van der Waals surface area (Å²) in [6.45, 7) is 6.96. The molecule has 0 saturated heterocycles. The lowest BCUT2D eigenvalue weighted by atomic mass is 9.80. The summed E-state index contributed by atoms with van der Waals surface area (Å²) in [7, 11) is 3.46. The van der Waals surface area contributed by atoms with Crippen molar-refractivity contribution in [2.45, 2.75) is 26.2 Å². The van der Waals surface area contributed by atoms with Gasteiger partial charge in [0.2, 0.25) is 5.69 Å². The van der Waals surface area contributed by atoms with E-state index >= 15 is 0 Å². The lowest BCUT2D eigenvalue weighted by Gasteiger charge is -2.16. The van der Waals surface area contributed by atoms with Crippen molar-refractivity contribution < 1.29 is 18.8 Å². The van der Waals surface area contributed by atoms with E-state index in [4.69, 9.17) is 9.47 Å². The van der Waals surface area contributed by atoms with Crippen LogP contribution in [-0.2, 0) is 10.2 Å². The van der Waals surface area contributed by atoms with E-state index in [9.17, 15) is 4.79 Å². The minimum Gasteiger partial charge on any atom is -0.493 e. The van der Waals surface area contributed by atoms with Crippen molar-refractivity contribution in [1.82, 2.24) is 0 Å². The number of nitrogens with zero attached hydrogens (tertiary/aromatic N) is 1. The molecule has 3 rings (SSSR count). The summed E-state index contributed by atoms with van der Waals surface area (Å²) in [6, 6.07) is 13.7. The summed E-state index contributed by atoms with van der Waals surface area (Å²) in [5, 5.41) is 0. The van der Waals surface area contributed by atoms with Gasteiger partial charge >= 0.3 is 5.97 Å². The molecule has 0 radical (unpaired) electrons. The van der Waals surface area contributed by atoms with Gasteiger partial charge in [-0.3, -0.25) is 0 Å². The summed E-state index contributed by atoms with van der Waals surface area (Å²) >= 11 is 0. The molecule has 0 atom stereocenters. The van der Waals surface area contributed by atoms with Crippen LogP contribution in [0.4, 0.5) is 5.69 Å². The van der Waals surface area contributed by atoms with Crippen LogP contribution in [0.25, 0.3) is 6.08 Å². The zero-order chi connectivity index (χ0) is 19.6. The minimum atomic E-state index is -0.314. The molecule has 0 fully saturated rings. The molecule has 0 saturated carbocycles. The monoisotopic (exact) mass is 364 g/mol. The number of fused-ring (bicyclic) bond motifs is 1. The van der Waals surface area contributed by atoms with E-state index in [1.165, 1.54) is 7.11 Å². The van der Waals surface area contributed by atoms with E-state index in [-0.39, 0.29) is 11.4 Å². The van der Waals surface area contributed by atoms with Crippen LogP contribution in [0.5, 0.6) is 5.75 Å². The normalized spacial score (nSPS) is 15.1. The van der Waals surface area contributed by atoms with Gasteiger partial charge in [0.25, 0.3) is 0 Å². The summed E-state index contributed by atoms with van der Waals surface area (Å²) in [6.07, 6.45) is 4.22. The van der Waals surface area contributed by atoms with E-state index in [1.807, 2.05) is 49.4 Å². The Bertz CT molecular complexity index is 938. The van der Waals surface area contributed by atoms with Gasteiger partial charge in [-0.15, -0.1) is 0 Å². The number of carbonyl (C=O) groups is 1. The van der Waals surface area contributed by atoms with Crippen LogP contribution in [0.1, 0.15) is 42.3 Å². The Morgan fingerprint density at radius 3 is 2.59 bits per heavy atom. The molecule has 1 aliphatic heterocycles. The van der Waals surface area contributed by atoms with Gasteiger partial charge in [0.05, 0.1) is 24.7 Å². The number of ether oxygens (including phenoxy) is 2. The van der Waals surface area contributed by atoms with E-state index in [0.717, 1.165) is 28.3 Å². The van der Waals surface area contributed by atoms with Crippen LogP contribution >= 0.6 is 0 Å². The Hall–Kier alpha value is -2.88. The van der Waals surface area contributed by atoms with Gasteiger partial charge in [0.15, 0.2) is 5.71 Å². The molecule has 2 aromatic rings. The summed E-state index contributed by atoms with van der Waals surface area (Å²) in [4.78, 5) is 11.9. The molecule has 140 valence electrons. The molecule has 0 bridgehead atoms. The lowest BCUT2D eigenvalue weighted by Crippen LogP contribution is -2.26. The first-order chi connectivity index (χ1) is 12.9. The molecular formula is C23H26NO3+. The molecule has 0 N–H and O–H groups in total. The first-order valence-corrected chi connectivity index (χ1v) is 9.14. The largest absolute Gasteiger partial charge is 0.493 e. The Balaban J connectivity index is 2.00. The Morgan fingerprint density at radius 2 is 1.89 bits per heavy atom. The second-order valence-electron chi connectivity index (χ2n) is 7.10. The quantitative estimate of drug-likeness (QED) is 0.575. The van der Waals surface area contributed by atoms with Crippen LogP contribution in [0.3, 0.4) is 0 Å². The number of carbonyl (C=O) groups excluding carboxylic acids is 1. The van der Waals surface area contributed by atoms with Crippen LogP contribution in [0.2, 0.25) is 0 Å². The number of hydrogen-bond donors (Lipinski definition) is 0. The molecule has 0 aliphatic carbocycles. The average Bonchev–Trinajstić information content (AvgIpc) is 2.86. The smallest absolute Gasteiger partial charge is 0.337 e. The lowest BCUT2D eigenvalue weighted by molar-refractivity contribution is -0.401. The molecule has 2 aromatic carbocycles. The third-order valence-corrected chi connectivity index (χ3v) is 5.09. The van der Waals surface area contributed by atoms with E-state index in [2.05, 4.69) is 37.6 Å². The van der Waals surface area contributed by atoms with Gasteiger partial charge in [0.1, 0.15) is 12.8 Å². The fourth-order valence-electron chi connectivity index (χ4n) is 3.65. The molecule has 0 unspecified atom stereocenters. The predicted molar refractivity (Wildman–Crippen MR) is 108 cm³/mol. The molecule has 1 heterocycles. The van der Waals surface area contributed by atoms with Crippen LogP contribution < -0.4 is 4.74 Å². The maximum Gasteiger partial charge on any atom is 0.337 e. The molecule has 4 nitrogen and oxygen atoms in total. The standard InChI is InChI=1S/C23H26NO3/c1-6-27-20-10-8-7-9-16(20)12-14-21-23(2,3)18-15-17(22(25)26-5)11-13-19(18)24(21)4/h7-15H,6H2,1-5H3/q+1/b14-12+. The predicted octanol–water partition coefficient (Wildman–Crippen LogP) is 4.59.